The molecule has 306 valence electrons. The summed E-state index contributed by atoms with van der Waals surface area (Å²) in [7, 11) is 0. The van der Waals surface area contributed by atoms with Crippen LogP contribution in [-0.4, -0.2) is 104 Å². The van der Waals surface area contributed by atoms with Crippen LogP contribution in [0.2, 0.25) is 0 Å². The summed E-state index contributed by atoms with van der Waals surface area (Å²) >= 11 is 0. The van der Waals surface area contributed by atoms with Gasteiger partial charge in [0.15, 0.2) is 5.82 Å². The van der Waals surface area contributed by atoms with Crippen LogP contribution in [0.3, 0.4) is 0 Å². The molecule has 1 saturated carbocycles. The second-order valence-corrected chi connectivity index (χ2v) is 18.3. The van der Waals surface area contributed by atoms with Gasteiger partial charge in [-0.25, -0.2) is 19.2 Å². The summed E-state index contributed by atoms with van der Waals surface area (Å²) in [6, 6.07) is 15.5. The molecule has 6 heterocycles. The molecule has 1 N–H and O–H groups in total. The lowest BCUT2D eigenvalue weighted by Crippen LogP contribution is -2.60. The van der Waals surface area contributed by atoms with Crippen molar-refractivity contribution in [3.63, 3.8) is 0 Å². The highest BCUT2D eigenvalue weighted by Crippen LogP contribution is 2.52. The van der Waals surface area contributed by atoms with E-state index in [1.807, 2.05) is 42.4 Å². The Kier molecular flexibility index (Phi) is 9.72. The van der Waals surface area contributed by atoms with Gasteiger partial charge in [0.2, 0.25) is 11.8 Å². The van der Waals surface area contributed by atoms with E-state index in [1.54, 1.807) is 29.4 Å². The molecule has 0 bridgehead atoms. The first-order valence-electron chi connectivity index (χ1n) is 21.2. The molecule has 4 aromatic rings. The number of pyridine rings is 1. The molecule has 0 radical (unpaired) electrons. The Morgan fingerprint density at radius 2 is 1.66 bits per heavy atom. The van der Waals surface area contributed by atoms with Crippen LogP contribution in [0, 0.1) is 11.7 Å². The van der Waals surface area contributed by atoms with E-state index in [1.165, 1.54) is 25.3 Å². The first kappa shape index (κ1) is 38.5. The van der Waals surface area contributed by atoms with Gasteiger partial charge in [0, 0.05) is 55.6 Å². The fourth-order valence-electron chi connectivity index (χ4n) is 9.80. The topological polar surface area (TPSA) is 116 Å². The van der Waals surface area contributed by atoms with Gasteiger partial charge in [-0.3, -0.25) is 9.59 Å². The van der Waals surface area contributed by atoms with Crippen molar-refractivity contribution >= 4 is 46.1 Å². The van der Waals surface area contributed by atoms with Crippen LogP contribution in [-0.2, 0) is 19.7 Å². The molecular weight excluding hydrogens is 736 g/mol. The minimum atomic E-state index is -0.728. The monoisotopic (exact) mass is 790 g/mol. The predicted octanol–water partition coefficient (Wildman–Crippen LogP) is 7.65. The molecule has 1 aliphatic carbocycles. The first-order chi connectivity index (χ1) is 27.8. The minimum absolute atomic E-state index is 0.0390. The van der Waals surface area contributed by atoms with E-state index in [2.05, 4.69) is 41.1 Å². The normalized spacial score (nSPS) is 22.3. The van der Waals surface area contributed by atoms with E-state index in [0.29, 0.717) is 62.3 Å². The van der Waals surface area contributed by atoms with Crippen LogP contribution in [0.4, 0.5) is 26.4 Å². The summed E-state index contributed by atoms with van der Waals surface area (Å²) in [6.45, 7) is 13.6. The number of amides is 3. The van der Waals surface area contributed by atoms with E-state index < -0.39 is 17.1 Å². The lowest BCUT2D eigenvalue weighted by atomic mass is 9.73. The number of fused-ring (bicyclic) bond motifs is 3. The standard InChI is InChI=1S/C45H55FN8O4/c1-28(2)53-27-47-37-24-36(49-40(39(37)53)48-35-12-8-7-11-34(35)46)29-13-14-33-38(21-29)54(32-22-31(23-32)50-17-9-6-10-18-50)42(56)45(33)15-19-51(20-16-45)41(55)30-25-52(26-30)43(57)58-44(3,4)5/h7-8,11-14,21,24,27-28,30-32H,6,9-10,15-20,22-23,25-26H2,1-5H3,(H,48,49). The fourth-order valence-corrected chi connectivity index (χ4v) is 9.80. The number of imidazole rings is 1. The molecule has 2 aromatic carbocycles. The van der Waals surface area contributed by atoms with E-state index in [4.69, 9.17) is 14.7 Å². The Morgan fingerprint density at radius 3 is 2.34 bits per heavy atom. The van der Waals surface area contributed by atoms with Crippen molar-refractivity contribution in [1.29, 1.82) is 0 Å². The van der Waals surface area contributed by atoms with Crippen molar-refractivity contribution in [3.05, 3.63) is 66.2 Å². The van der Waals surface area contributed by atoms with Crippen LogP contribution in [0.25, 0.3) is 22.3 Å². The van der Waals surface area contributed by atoms with Gasteiger partial charge in [0.05, 0.1) is 34.6 Å². The minimum Gasteiger partial charge on any atom is -0.444 e. The van der Waals surface area contributed by atoms with Gasteiger partial charge >= 0.3 is 6.09 Å². The number of hydrogen-bond donors (Lipinski definition) is 1. The molecule has 5 aliphatic rings. The summed E-state index contributed by atoms with van der Waals surface area (Å²) in [5.41, 5.74) is 4.01. The fraction of sp³-hybridized carbons (Fsp3) is 0.533. The van der Waals surface area contributed by atoms with Crippen LogP contribution in [0.5, 0.6) is 0 Å². The zero-order valence-electron chi connectivity index (χ0n) is 34.3. The summed E-state index contributed by atoms with van der Waals surface area (Å²) in [5, 5.41) is 3.27. The second kappa shape index (κ2) is 14.7. The van der Waals surface area contributed by atoms with E-state index >= 15 is 4.79 Å². The Labute approximate surface area is 339 Å². The number of para-hydroxylation sites is 1. The van der Waals surface area contributed by atoms with Gasteiger partial charge in [-0.05, 0) is 116 Å². The molecule has 2 aromatic heterocycles. The summed E-state index contributed by atoms with van der Waals surface area (Å²) in [6.07, 6.45) is 8.13. The average molecular weight is 791 g/mol. The number of likely N-dealkylation sites (tertiary alicyclic amines) is 3. The molecule has 4 fully saturated rings. The second-order valence-electron chi connectivity index (χ2n) is 18.3. The highest BCUT2D eigenvalue weighted by molar-refractivity contribution is 6.09. The lowest BCUT2D eigenvalue weighted by molar-refractivity contribution is -0.143. The van der Waals surface area contributed by atoms with Gasteiger partial charge in [-0.15, -0.1) is 0 Å². The van der Waals surface area contributed by atoms with Crippen molar-refractivity contribution in [2.75, 3.05) is 49.5 Å². The zero-order chi connectivity index (χ0) is 40.5. The van der Waals surface area contributed by atoms with Crippen LogP contribution in [0.15, 0.2) is 54.9 Å². The van der Waals surface area contributed by atoms with Gasteiger partial charge in [-0.2, -0.15) is 0 Å². The van der Waals surface area contributed by atoms with Gasteiger partial charge in [0.25, 0.3) is 0 Å². The maximum Gasteiger partial charge on any atom is 0.410 e. The number of anilines is 3. The number of carbonyl (C=O) groups excluding carboxylic acids is 3. The van der Waals surface area contributed by atoms with Crippen molar-refractivity contribution in [1.82, 2.24) is 29.2 Å². The van der Waals surface area contributed by atoms with Crippen LogP contribution >= 0.6 is 0 Å². The van der Waals surface area contributed by atoms with Crippen molar-refractivity contribution in [2.24, 2.45) is 5.92 Å². The number of halogens is 1. The molecule has 3 amide bonds. The molecule has 3 saturated heterocycles. The third-order valence-electron chi connectivity index (χ3n) is 13.1. The predicted molar refractivity (Wildman–Crippen MR) is 222 cm³/mol. The number of piperidine rings is 2. The van der Waals surface area contributed by atoms with Crippen molar-refractivity contribution < 1.29 is 23.5 Å². The van der Waals surface area contributed by atoms with Gasteiger partial charge < -0.3 is 34.2 Å². The molecule has 13 heteroatoms. The molecule has 1 spiro atoms. The highest BCUT2D eigenvalue weighted by atomic mass is 19.1. The third-order valence-corrected chi connectivity index (χ3v) is 13.1. The smallest absolute Gasteiger partial charge is 0.410 e. The largest absolute Gasteiger partial charge is 0.444 e. The summed E-state index contributed by atoms with van der Waals surface area (Å²) in [4.78, 5) is 59.3. The number of rotatable bonds is 7. The Morgan fingerprint density at radius 1 is 0.931 bits per heavy atom. The number of ether oxygens (including phenoxy) is 1. The quantitative estimate of drug-likeness (QED) is 0.203. The van der Waals surface area contributed by atoms with E-state index in [-0.39, 0.29) is 35.6 Å². The molecule has 4 aliphatic heterocycles. The van der Waals surface area contributed by atoms with Crippen molar-refractivity contribution in [3.8, 4) is 11.3 Å². The van der Waals surface area contributed by atoms with Gasteiger partial charge in [-0.1, -0.05) is 30.7 Å². The lowest BCUT2D eigenvalue weighted by Gasteiger charge is -2.48. The van der Waals surface area contributed by atoms with E-state index in [9.17, 15) is 14.0 Å². The van der Waals surface area contributed by atoms with Crippen molar-refractivity contribution in [2.45, 2.75) is 109 Å². The number of benzene rings is 2. The number of nitrogens with one attached hydrogen (secondary N) is 1. The Bertz CT molecular complexity index is 2240. The zero-order valence-corrected chi connectivity index (χ0v) is 34.3. The number of hydrogen-bond acceptors (Lipinski definition) is 8. The van der Waals surface area contributed by atoms with Crippen LogP contribution in [0.1, 0.15) is 91.2 Å². The Hall–Kier alpha value is -5.04. The maximum absolute atomic E-state index is 15.0. The first-order valence-corrected chi connectivity index (χ1v) is 21.2. The van der Waals surface area contributed by atoms with E-state index in [0.717, 1.165) is 53.8 Å². The molecule has 9 rings (SSSR count). The molecule has 0 atom stereocenters. The molecular formula is C45H55FN8O4. The third kappa shape index (κ3) is 6.78. The molecule has 12 nitrogen and oxygen atoms in total. The average Bonchev–Trinajstić information content (AvgIpc) is 3.69. The molecule has 0 unspecified atom stereocenters. The molecule has 58 heavy (non-hydrogen) atoms. The van der Waals surface area contributed by atoms with Crippen LogP contribution < -0.4 is 10.2 Å². The maximum atomic E-state index is 15.0. The number of aromatic nitrogens is 3. The summed E-state index contributed by atoms with van der Waals surface area (Å²) in [5.74, 6) is 0.0480. The highest BCUT2D eigenvalue weighted by Gasteiger charge is 2.56. The SMILES string of the molecule is CC(C)n1cnc2cc(-c3ccc4c(c3)N(C3CC(N5CCCCC5)C3)C(=O)C43CCN(C(=O)C4CN(C(=O)OC(C)(C)C)C4)CC3)nc(Nc3ccccc3F)c21. The summed E-state index contributed by atoms with van der Waals surface area (Å²) < 4.78 is 22.5. The number of carbonyl (C=O) groups is 3. The Balaban J connectivity index is 1.01. The van der Waals surface area contributed by atoms with Gasteiger partial charge in [0.1, 0.15) is 16.9 Å². The number of nitrogens with zero attached hydrogens (tertiary/aromatic N) is 7.